The van der Waals surface area contributed by atoms with Crippen molar-refractivity contribution < 1.29 is 4.79 Å². The van der Waals surface area contributed by atoms with Gasteiger partial charge in [0.25, 0.3) is 5.91 Å². The van der Waals surface area contributed by atoms with Crippen molar-refractivity contribution in [1.82, 2.24) is 15.5 Å². The molecule has 4 heterocycles. The Bertz CT molecular complexity index is 861. The number of anilines is 1. The molecule has 1 aromatic heterocycles. The monoisotopic (exact) mass is 426 g/mol. The van der Waals surface area contributed by atoms with Crippen LogP contribution in [-0.2, 0) is 0 Å². The molecule has 3 saturated heterocycles. The molecule has 5 rings (SSSR count). The van der Waals surface area contributed by atoms with Gasteiger partial charge in [-0.05, 0) is 94.2 Å². The van der Waals surface area contributed by atoms with Gasteiger partial charge in [0.2, 0.25) is 0 Å². The molecule has 5 nitrogen and oxygen atoms in total. The molecule has 2 aromatic rings. The first-order chi connectivity index (χ1) is 14.8. The second kappa shape index (κ2) is 9.25. The van der Waals surface area contributed by atoms with E-state index in [0.717, 1.165) is 56.5 Å². The third-order valence-electron chi connectivity index (χ3n) is 7.22. The number of hydrogen-bond donors (Lipinski definition) is 2. The summed E-state index contributed by atoms with van der Waals surface area (Å²) in [6.07, 6.45) is 7.61. The Hall–Kier alpha value is -1.63. The summed E-state index contributed by atoms with van der Waals surface area (Å²) < 4.78 is 1.22. The fourth-order valence-corrected chi connectivity index (χ4v) is 6.35. The fourth-order valence-electron chi connectivity index (χ4n) is 5.33. The molecule has 0 radical (unpaired) electrons. The van der Waals surface area contributed by atoms with Gasteiger partial charge in [0, 0.05) is 36.1 Å². The molecule has 1 aromatic carbocycles. The minimum Gasteiger partial charge on any atom is -0.371 e. The van der Waals surface area contributed by atoms with E-state index in [1.54, 1.807) is 11.3 Å². The highest BCUT2D eigenvalue weighted by Gasteiger charge is 2.26. The van der Waals surface area contributed by atoms with E-state index in [4.69, 9.17) is 0 Å². The van der Waals surface area contributed by atoms with Gasteiger partial charge in [0.15, 0.2) is 0 Å². The van der Waals surface area contributed by atoms with Crippen molar-refractivity contribution in [3.8, 4) is 0 Å². The Labute approximate surface area is 183 Å². The normalized spacial score (nSPS) is 22.1. The van der Waals surface area contributed by atoms with Crippen LogP contribution in [0.15, 0.2) is 24.3 Å². The summed E-state index contributed by atoms with van der Waals surface area (Å²) in [5.74, 6) is 0.697. The van der Waals surface area contributed by atoms with Crippen molar-refractivity contribution in [3.05, 3.63) is 29.1 Å². The molecule has 0 aliphatic carbocycles. The van der Waals surface area contributed by atoms with E-state index in [-0.39, 0.29) is 5.91 Å². The molecule has 6 heteroatoms. The van der Waals surface area contributed by atoms with Crippen LogP contribution in [0.5, 0.6) is 0 Å². The smallest absolute Gasteiger partial charge is 0.261 e. The Morgan fingerprint density at radius 2 is 1.80 bits per heavy atom. The van der Waals surface area contributed by atoms with E-state index in [1.165, 1.54) is 54.5 Å². The van der Waals surface area contributed by atoms with E-state index >= 15 is 0 Å². The fraction of sp³-hybridized carbons (Fsp3) is 0.625. The molecule has 0 spiro atoms. The van der Waals surface area contributed by atoms with Crippen LogP contribution in [-0.4, -0.2) is 62.7 Å². The average Bonchev–Trinajstić information content (AvgIpc) is 3.48. The van der Waals surface area contributed by atoms with Crippen molar-refractivity contribution in [2.45, 2.75) is 44.6 Å². The first-order valence-corrected chi connectivity index (χ1v) is 12.6. The summed E-state index contributed by atoms with van der Waals surface area (Å²) in [5.41, 5.74) is 1.31. The largest absolute Gasteiger partial charge is 0.371 e. The first-order valence-electron chi connectivity index (χ1n) is 11.8. The van der Waals surface area contributed by atoms with Gasteiger partial charge in [-0.1, -0.05) is 6.07 Å². The van der Waals surface area contributed by atoms with E-state index in [0.29, 0.717) is 5.92 Å². The van der Waals surface area contributed by atoms with Gasteiger partial charge in [0.05, 0.1) is 4.88 Å². The quantitative estimate of drug-likeness (QED) is 0.765. The zero-order chi connectivity index (χ0) is 20.3. The number of carbonyl (C=O) groups excluding carboxylic acids is 1. The number of benzene rings is 1. The molecule has 162 valence electrons. The predicted molar refractivity (Wildman–Crippen MR) is 126 cm³/mol. The van der Waals surface area contributed by atoms with E-state index in [2.05, 4.69) is 44.7 Å². The molecular formula is C24H34N4OS. The Balaban J connectivity index is 1.20. The predicted octanol–water partition coefficient (Wildman–Crippen LogP) is 3.70. The van der Waals surface area contributed by atoms with Crippen LogP contribution in [0.4, 0.5) is 5.69 Å². The topological polar surface area (TPSA) is 47.6 Å². The lowest BCUT2D eigenvalue weighted by molar-refractivity contribution is 0.0948. The highest BCUT2D eigenvalue weighted by atomic mass is 32.1. The summed E-state index contributed by atoms with van der Waals surface area (Å²) in [6, 6.07) is 9.56. The van der Waals surface area contributed by atoms with Crippen LogP contribution < -0.4 is 15.5 Å². The van der Waals surface area contributed by atoms with Crippen molar-refractivity contribution in [1.29, 1.82) is 0 Å². The lowest BCUT2D eigenvalue weighted by Crippen LogP contribution is -2.43. The number of nitrogens with one attached hydrogen (secondary N) is 2. The number of hydrogen-bond acceptors (Lipinski definition) is 5. The SMILES string of the molecule is O=C(NCC1CCNCC1)c1cc2ccc(N3CCC(N4CCCC4)CC3)cc2s1. The number of thiophene rings is 1. The van der Waals surface area contributed by atoms with Crippen molar-refractivity contribution in [2.24, 2.45) is 5.92 Å². The third-order valence-corrected chi connectivity index (χ3v) is 8.32. The van der Waals surface area contributed by atoms with Gasteiger partial charge in [-0.15, -0.1) is 11.3 Å². The number of amides is 1. The number of fused-ring (bicyclic) bond motifs is 1. The zero-order valence-electron chi connectivity index (χ0n) is 17.9. The van der Waals surface area contributed by atoms with Crippen molar-refractivity contribution >= 4 is 33.0 Å². The van der Waals surface area contributed by atoms with Gasteiger partial charge in [-0.2, -0.15) is 0 Å². The molecule has 1 amide bonds. The zero-order valence-corrected chi connectivity index (χ0v) is 18.7. The maximum Gasteiger partial charge on any atom is 0.261 e. The van der Waals surface area contributed by atoms with Crippen LogP contribution in [0.25, 0.3) is 10.1 Å². The molecule has 3 aliphatic heterocycles. The number of likely N-dealkylation sites (tertiary alicyclic amines) is 1. The first kappa shape index (κ1) is 20.3. The number of carbonyl (C=O) groups is 1. The molecule has 0 unspecified atom stereocenters. The molecule has 2 N–H and O–H groups in total. The highest BCUT2D eigenvalue weighted by molar-refractivity contribution is 7.20. The second-order valence-corrected chi connectivity index (χ2v) is 10.3. The van der Waals surface area contributed by atoms with Gasteiger partial charge in [-0.25, -0.2) is 0 Å². The van der Waals surface area contributed by atoms with Gasteiger partial charge in [-0.3, -0.25) is 4.79 Å². The van der Waals surface area contributed by atoms with Crippen molar-refractivity contribution in [2.75, 3.05) is 50.7 Å². The van der Waals surface area contributed by atoms with Gasteiger partial charge in [0.1, 0.15) is 0 Å². The van der Waals surface area contributed by atoms with Crippen LogP contribution in [0.3, 0.4) is 0 Å². The van der Waals surface area contributed by atoms with Crippen molar-refractivity contribution in [3.63, 3.8) is 0 Å². The van der Waals surface area contributed by atoms with Crippen LogP contribution in [0, 0.1) is 5.92 Å². The van der Waals surface area contributed by atoms with E-state index < -0.39 is 0 Å². The van der Waals surface area contributed by atoms with Crippen LogP contribution in [0.2, 0.25) is 0 Å². The van der Waals surface area contributed by atoms with Crippen LogP contribution in [0.1, 0.15) is 48.2 Å². The van der Waals surface area contributed by atoms with Gasteiger partial charge < -0.3 is 20.4 Å². The number of piperidine rings is 2. The number of nitrogens with zero attached hydrogens (tertiary/aromatic N) is 2. The lowest BCUT2D eigenvalue weighted by Gasteiger charge is -2.37. The summed E-state index contributed by atoms with van der Waals surface area (Å²) in [5, 5.41) is 7.73. The molecule has 3 aliphatic rings. The minimum atomic E-state index is 0.0858. The highest BCUT2D eigenvalue weighted by Crippen LogP contribution is 2.32. The summed E-state index contributed by atoms with van der Waals surface area (Å²) in [6.45, 7) is 7.82. The molecule has 0 atom stereocenters. The van der Waals surface area contributed by atoms with Crippen LogP contribution >= 0.6 is 11.3 Å². The lowest BCUT2D eigenvalue weighted by atomic mass is 9.98. The molecule has 0 saturated carbocycles. The maximum atomic E-state index is 12.7. The minimum absolute atomic E-state index is 0.0858. The molecule has 3 fully saturated rings. The maximum absolute atomic E-state index is 12.7. The Morgan fingerprint density at radius 1 is 1.03 bits per heavy atom. The Kier molecular flexibility index (Phi) is 6.25. The van der Waals surface area contributed by atoms with E-state index in [1.807, 2.05) is 0 Å². The average molecular weight is 427 g/mol. The summed E-state index contributed by atoms with van der Waals surface area (Å²) in [7, 11) is 0. The van der Waals surface area contributed by atoms with Gasteiger partial charge >= 0.3 is 0 Å². The second-order valence-electron chi connectivity index (χ2n) is 9.20. The Morgan fingerprint density at radius 3 is 2.57 bits per heavy atom. The molecular weight excluding hydrogens is 392 g/mol. The van der Waals surface area contributed by atoms with E-state index in [9.17, 15) is 4.79 Å². The summed E-state index contributed by atoms with van der Waals surface area (Å²) >= 11 is 1.63. The summed E-state index contributed by atoms with van der Waals surface area (Å²) in [4.78, 5) is 18.7. The standard InChI is InChI=1S/C24H34N4OS/c29-24(26-17-18-5-9-25-10-6-18)23-15-19-3-4-21(16-22(19)30-23)28-13-7-20(8-14-28)27-11-1-2-12-27/h3-4,15-16,18,20,25H,1-2,5-14,17H2,(H,26,29). The molecule has 0 bridgehead atoms. The number of rotatable bonds is 5. The molecule has 30 heavy (non-hydrogen) atoms. The third kappa shape index (κ3) is 4.51.